The third-order valence-corrected chi connectivity index (χ3v) is 4.29. The highest BCUT2D eigenvalue weighted by atomic mass is 32.1. The number of aryl methyl sites for hydroxylation is 1. The fourth-order valence-corrected chi connectivity index (χ4v) is 2.90. The summed E-state index contributed by atoms with van der Waals surface area (Å²) < 4.78 is 5.13. The van der Waals surface area contributed by atoms with E-state index < -0.39 is 11.9 Å². The Morgan fingerprint density at radius 1 is 1.42 bits per heavy atom. The molecular weight excluding hydrogens is 330 g/mol. The smallest absolute Gasteiger partial charge is 0.308 e. The molecule has 0 aliphatic heterocycles. The van der Waals surface area contributed by atoms with Gasteiger partial charge in [0.1, 0.15) is 0 Å². The molecular formula is C16H21N3O4S. The summed E-state index contributed by atoms with van der Waals surface area (Å²) in [4.78, 5) is 28.2. The molecule has 0 fully saturated rings. The number of carbonyl (C=O) groups is 2. The van der Waals surface area contributed by atoms with E-state index >= 15 is 0 Å². The molecule has 2 N–H and O–H groups in total. The van der Waals surface area contributed by atoms with Crippen LogP contribution in [0.15, 0.2) is 22.0 Å². The van der Waals surface area contributed by atoms with Crippen molar-refractivity contribution in [3.63, 3.8) is 0 Å². The van der Waals surface area contributed by atoms with Crippen LogP contribution in [0.3, 0.4) is 0 Å². The van der Waals surface area contributed by atoms with Gasteiger partial charge in [0.15, 0.2) is 0 Å². The number of amides is 1. The van der Waals surface area contributed by atoms with Crippen LogP contribution in [0.2, 0.25) is 0 Å². The Morgan fingerprint density at radius 3 is 2.83 bits per heavy atom. The van der Waals surface area contributed by atoms with E-state index in [1.165, 1.54) is 11.3 Å². The molecule has 1 amide bonds. The Labute approximate surface area is 144 Å². The summed E-state index contributed by atoms with van der Waals surface area (Å²) in [6.45, 7) is 4.05. The molecule has 1 atom stereocenters. The lowest BCUT2D eigenvalue weighted by Crippen LogP contribution is -2.33. The number of nitrogens with zero attached hydrogens (tertiary/aromatic N) is 2. The molecule has 0 saturated heterocycles. The van der Waals surface area contributed by atoms with E-state index in [4.69, 9.17) is 9.63 Å². The van der Waals surface area contributed by atoms with Crippen LogP contribution >= 0.6 is 11.3 Å². The van der Waals surface area contributed by atoms with Crippen molar-refractivity contribution in [3.8, 4) is 10.7 Å². The monoisotopic (exact) mass is 351 g/mol. The van der Waals surface area contributed by atoms with E-state index in [0.717, 1.165) is 4.88 Å². The maximum atomic E-state index is 11.9. The summed E-state index contributed by atoms with van der Waals surface area (Å²) >= 11 is 1.51. The van der Waals surface area contributed by atoms with Gasteiger partial charge in [-0.3, -0.25) is 9.59 Å². The maximum absolute atomic E-state index is 11.9. The quantitative estimate of drug-likeness (QED) is 0.719. The summed E-state index contributed by atoms with van der Waals surface area (Å²) in [6.07, 6.45) is 1.04. The fraction of sp³-hybridized carbons (Fsp3) is 0.500. The number of carbonyl (C=O) groups excluding carboxylic acids is 1. The summed E-state index contributed by atoms with van der Waals surface area (Å²) in [5, 5.41) is 17.6. The van der Waals surface area contributed by atoms with Gasteiger partial charge in [-0.25, -0.2) is 0 Å². The molecule has 0 saturated carbocycles. The van der Waals surface area contributed by atoms with Crippen molar-refractivity contribution in [1.82, 2.24) is 15.5 Å². The molecule has 8 heteroatoms. The first-order chi connectivity index (χ1) is 11.5. The second-order valence-electron chi connectivity index (χ2n) is 5.96. The highest BCUT2D eigenvalue weighted by Crippen LogP contribution is 2.21. The molecule has 0 spiro atoms. The lowest BCUT2D eigenvalue weighted by molar-refractivity contribution is -0.142. The number of rotatable bonds is 9. The second kappa shape index (κ2) is 8.58. The first-order valence-corrected chi connectivity index (χ1v) is 8.69. The molecule has 0 aromatic carbocycles. The number of thiophene rings is 1. The zero-order chi connectivity index (χ0) is 17.5. The van der Waals surface area contributed by atoms with Crippen molar-refractivity contribution in [2.75, 3.05) is 6.54 Å². The van der Waals surface area contributed by atoms with Crippen molar-refractivity contribution < 1.29 is 19.2 Å². The third kappa shape index (κ3) is 5.45. The molecule has 2 aromatic heterocycles. The van der Waals surface area contributed by atoms with Gasteiger partial charge in [-0.2, -0.15) is 4.98 Å². The minimum Gasteiger partial charge on any atom is -0.481 e. The third-order valence-electron chi connectivity index (χ3n) is 3.43. The van der Waals surface area contributed by atoms with Crippen molar-refractivity contribution in [2.45, 2.75) is 33.1 Å². The number of nitrogens with one attached hydrogen (secondary N) is 1. The van der Waals surface area contributed by atoms with E-state index in [1.807, 2.05) is 31.4 Å². The van der Waals surface area contributed by atoms with E-state index in [9.17, 15) is 9.59 Å². The van der Waals surface area contributed by atoms with Crippen LogP contribution < -0.4 is 5.32 Å². The lowest BCUT2D eigenvalue weighted by atomic mass is 9.97. The first-order valence-electron chi connectivity index (χ1n) is 7.81. The van der Waals surface area contributed by atoms with Crippen molar-refractivity contribution in [3.05, 3.63) is 23.4 Å². The lowest BCUT2D eigenvalue weighted by Gasteiger charge is -2.15. The highest BCUT2D eigenvalue weighted by Gasteiger charge is 2.20. The van der Waals surface area contributed by atoms with Gasteiger partial charge >= 0.3 is 5.97 Å². The molecule has 0 aliphatic carbocycles. The largest absolute Gasteiger partial charge is 0.481 e. The highest BCUT2D eigenvalue weighted by molar-refractivity contribution is 7.13. The van der Waals surface area contributed by atoms with E-state index in [0.29, 0.717) is 24.6 Å². The van der Waals surface area contributed by atoms with Gasteiger partial charge in [-0.15, -0.1) is 11.3 Å². The molecule has 2 rings (SSSR count). The Hall–Kier alpha value is -2.22. The van der Waals surface area contributed by atoms with E-state index in [-0.39, 0.29) is 24.8 Å². The number of carboxylic acid groups (broad SMARTS) is 1. The van der Waals surface area contributed by atoms with Gasteiger partial charge in [0.05, 0.1) is 10.8 Å². The molecule has 1 unspecified atom stereocenters. The Morgan fingerprint density at radius 2 is 2.21 bits per heavy atom. The predicted molar refractivity (Wildman–Crippen MR) is 89.5 cm³/mol. The summed E-state index contributed by atoms with van der Waals surface area (Å²) in [6, 6.07) is 3.80. The molecule has 7 nitrogen and oxygen atoms in total. The van der Waals surface area contributed by atoms with Gasteiger partial charge in [0.2, 0.25) is 17.6 Å². The summed E-state index contributed by atoms with van der Waals surface area (Å²) in [5.41, 5.74) is 0. The summed E-state index contributed by atoms with van der Waals surface area (Å²) in [5.74, 6) is -0.504. The molecule has 24 heavy (non-hydrogen) atoms. The standard InChI is InChI=1S/C16H21N3O4S/c1-10(2)8-11(16(21)22)9-17-13(20)5-6-14-18-15(19-23-14)12-4-3-7-24-12/h3-4,7,10-11H,5-6,8-9H2,1-2H3,(H,17,20)(H,21,22). The molecule has 130 valence electrons. The van der Waals surface area contributed by atoms with Gasteiger partial charge < -0.3 is 14.9 Å². The SMILES string of the molecule is CC(C)CC(CNC(=O)CCc1nc(-c2cccs2)no1)C(=O)O. The van der Waals surface area contributed by atoms with Gasteiger partial charge in [0.25, 0.3) is 0 Å². The van der Waals surface area contributed by atoms with Crippen LogP contribution in [0, 0.1) is 11.8 Å². The number of carboxylic acids is 1. The Bertz CT molecular complexity index is 667. The molecule has 0 radical (unpaired) electrons. The maximum Gasteiger partial charge on any atom is 0.308 e. The van der Waals surface area contributed by atoms with Crippen molar-refractivity contribution in [2.24, 2.45) is 11.8 Å². The van der Waals surface area contributed by atoms with Crippen LogP contribution in [0.25, 0.3) is 10.7 Å². The average molecular weight is 351 g/mol. The Balaban J connectivity index is 1.77. The molecule has 0 aliphatic rings. The number of aliphatic carboxylic acids is 1. The van der Waals surface area contributed by atoms with Crippen LogP contribution in [0.1, 0.15) is 32.6 Å². The number of hydrogen-bond acceptors (Lipinski definition) is 6. The zero-order valence-corrected chi connectivity index (χ0v) is 14.5. The molecule has 2 heterocycles. The topological polar surface area (TPSA) is 105 Å². The van der Waals surface area contributed by atoms with Crippen molar-refractivity contribution >= 4 is 23.2 Å². The predicted octanol–water partition coefficient (Wildman–Crippen LogP) is 2.59. The minimum absolute atomic E-state index is 0.136. The van der Waals surface area contributed by atoms with Crippen LogP contribution in [-0.2, 0) is 16.0 Å². The summed E-state index contributed by atoms with van der Waals surface area (Å²) in [7, 11) is 0. The average Bonchev–Trinajstić information content (AvgIpc) is 3.19. The van der Waals surface area contributed by atoms with E-state index in [2.05, 4.69) is 15.5 Å². The van der Waals surface area contributed by atoms with Crippen LogP contribution in [0.5, 0.6) is 0 Å². The minimum atomic E-state index is -0.888. The van der Waals surface area contributed by atoms with Crippen LogP contribution in [-0.4, -0.2) is 33.7 Å². The van der Waals surface area contributed by atoms with Gasteiger partial charge in [-0.05, 0) is 23.8 Å². The molecule has 2 aromatic rings. The fourth-order valence-electron chi connectivity index (χ4n) is 2.25. The second-order valence-corrected chi connectivity index (χ2v) is 6.91. The number of aromatic nitrogens is 2. The van der Waals surface area contributed by atoms with Crippen LogP contribution in [0.4, 0.5) is 0 Å². The van der Waals surface area contributed by atoms with E-state index in [1.54, 1.807) is 0 Å². The van der Waals surface area contributed by atoms with Gasteiger partial charge in [-0.1, -0.05) is 25.1 Å². The zero-order valence-electron chi connectivity index (χ0n) is 13.7. The number of hydrogen-bond donors (Lipinski definition) is 2. The molecule has 0 bridgehead atoms. The van der Waals surface area contributed by atoms with Crippen molar-refractivity contribution in [1.29, 1.82) is 0 Å². The first kappa shape index (κ1) is 18.1. The Kier molecular flexibility index (Phi) is 6.48. The normalized spacial score (nSPS) is 12.3. The van der Waals surface area contributed by atoms with Gasteiger partial charge in [0, 0.05) is 19.4 Å².